The lowest BCUT2D eigenvalue weighted by Gasteiger charge is -2.41. The standard InChI is InChI=1S/C19H28N2O2/c1-6-13-19(2,3)18(16-11-12-17(22)21(16)4)20-14-7-9-15(23-5)10-8-14/h7-12,16,18,20H,6,13H2,1-5H3/t16-,18-/m1/s1. The lowest BCUT2D eigenvalue weighted by molar-refractivity contribution is -0.125. The van der Waals surface area contributed by atoms with Gasteiger partial charge in [-0.15, -0.1) is 0 Å². The highest BCUT2D eigenvalue weighted by Gasteiger charge is 2.39. The number of carbonyl (C=O) groups is 1. The summed E-state index contributed by atoms with van der Waals surface area (Å²) in [5, 5.41) is 3.65. The van der Waals surface area contributed by atoms with Crippen molar-refractivity contribution in [3.8, 4) is 5.75 Å². The molecule has 0 fully saturated rings. The fourth-order valence-corrected chi connectivity index (χ4v) is 3.32. The van der Waals surface area contributed by atoms with E-state index in [1.165, 1.54) is 0 Å². The van der Waals surface area contributed by atoms with Gasteiger partial charge in [0.15, 0.2) is 0 Å². The molecule has 23 heavy (non-hydrogen) atoms. The first-order chi connectivity index (χ1) is 10.9. The van der Waals surface area contributed by atoms with Gasteiger partial charge in [-0.25, -0.2) is 0 Å². The summed E-state index contributed by atoms with van der Waals surface area (Å²) < 4.78 is 5.22. The molecule has 1 N–H and O–H groups in total. The molecule has 0 unspecified atom stereocenters. The summed E-state index contributed by atoms with van der Waals surface area (Å²) >= 11 is 0. The molecule has 4 nitrogen and oxygen atoms in total. The third-order valence-electron chi connectivity index (χ3n) is 4.72. The number of carbonyl (C=O) groups excluding carboxylic acids is 1. The number of ether oxygens (including phenoxy) is 1. The zero-order valence-electron chi connectivity index (χ0n) is 14.8. The van der Waals surface area contributed by atoms with Crippen molar-refractivity contribution in [1.29, 1.82) is 0 Å². The molecule has 0 aromatic heterocycles. The Balaban J connectivity index is 2.26. The maximum atomic E-state index is 11.9. The molecule has 4 heteroatoms. The first-order valence-electron chi connectivity index (χ1n) is 8.24. The number of benzene rings is 1. The highest BCUT2D eigenvalue weighted by atomic mass is 16.5. The predicted molar refractivity (Wildman–Crippen MR) is 94.8 cm³/mol. The van der Waals surface area contributed by atoms with Gasteiger partial charge in [-0.05, 0) is 36.1 Å². The maximum absolute atomic E-state index is 11.9. The van der Waals surface area contributed by atoms with Gasteiger partial charge in [0.25, 0.3) is 0 Å². The Kier molecular flexibility index (Phi) is 5.34. The van der Waals surface area contributed by atoms with E-state index in [-0.39, 0.29) is 23.4 Å². The Morgan fingerprint density at radius 3 is 2.43 bits per heavy atom. The highest BCUT2D eigenvalue weighted by Crippen LogP contribution is 2.34. The van der Waals surface area contributed by atoms with Crippen molar-refractivity contribution in [2.45, 2.75) is 45.7 Å². The van der Waals surface area contributed by atoms with Crippen LogP contribution in [0.1, 0.15) is 33.6 Å². The molecule has 2 rings (SSSR count). The molecule has 0 saturated heterocycles. The molecular formula is C19H28N2O2. The van der Waals surface area contributed by atoms with Gasteiger partial charge in [0.2, 0.25) is 5.91 Å². The summed E-state index contributed by atoms with van der Waals surface area (Å²) in [6.45, 7) is 6.73. The fourth-order valence-electron chi connectivity index (χ4n) is 3.32. The predicted octanol–water partition coefficient (Wildman–Crippen LogP) is 3.70. The molecule has 1 aliphatic heterocycles. The van der Waals surface area contributed by atoms with Crippen LogP contribution in [0.4, 0.5) is 5.69 Å². The van der Waals surface area contributed by atoms with Crippen molar-refractivity contribution < 1.29 is 9.53 Å². The summed E-state index contributed by atoms with van der Waals surface area (Å²) in [4.78, 5) is 13.7. The van der Waals surface area contributed by atoms with E-state index in [0.29, 0.717) is 0 Å². The summed E-state index contributed by atoms with van der Waals surface area (Å²) in [5.74, 6) is 0.914. The largest absolute Gasteiger partial charge is 0.497 e. The molecule has 1 aromatic carbocycles. The molecule has 1 amide bonds. The molecule has 0 saturated carbocycles. The average Bonchev–Trinajstić information content (AvgIpc) is 2.85. The normalized spacial score (nSPS) is 19.1. The van der Waals surface area contributed by atoms with E-state index in [1.54, 1.807) is 13.2 Å². The molecule has 0 spiro atoms. The van der Waals surface area contributed by atoms with Crippen molar-refractivity contribution >= 4 is 11.6 Å². The van der Waals surface area contributed by atoms with Gasteiger partial charge in [0, 0.05) is 18.8 Å². The zero-order chi connectivity index (χ0) is 17.0. The number of nitrogens with one attached hydrogen (secondary N) is 1. The Morgan fingerprint density at radius 2 is 1.96 bits per heavy atom. The number of rotatable bonds is 7. The first-order valence-corrected chi connectivity index (χ1v) is 8.24. The van der Waals surface area contributed by atoms with Crippen LogP contribution in [0.15, 0.2) is 36.4 Å². The number of amides is 1. The number of hydrogen-bond acceptors (Lipinski definition) is 3. The van der Waals surface area contributed by atoms with Crippen LogP contribution < -0.4 is 10.1 Å². The zero-order valence-corrected chi connectivity index (χ0v) is 14.8. The SMILES string of the molecule is CCCC(C)(C)[C@H](Nc1ccc(OC)cc1)[C@H]1C=CC(=O)N1C. The van der Waals surface area contributed by atoms with Crippen molar-refractivity contribution in [3.05, 3.63) is 36.4 Å². The highest BCUT2D eigenvalue weighted by molar-refractivity contribution is 5.90. The third kappa shape index (κ3) is 3.87. The van der Waals surface area contributed by atoms with E-state index in [1.807, 2.05) is 42.3 Å². The Bertz CT molecular complexity index is 563. The number of likely N-dealkylation sites (N-methyl/N-ethyl adjacent to an activating group) is 1. The van der Waals surface area contributed by atoms with Crippen molar-refractivity contribution in [1.82, 2.24) is 4.90 Å². The lowest BCUT2D eigenvalue weighted by Crippen LogP contribution is -2.50. The van der Waals surface area contributed by atoms with Gasteiger partial charge in [-0.1, -0.05) is 33.3 Å². The first kappa shape index (κ1) is 17.4. The van der Waals surface area contributed by atoms with Crippen LogP contribution in [0.3, 0.4) is 0 Å². The van der Waals surface area contributed by atoms with Crippen LogP contribution in [0.5, 0.6) is 5.75 Å². The van der Waals surface area contributed by atoms with Crippen LogP contribution in [-0.2, 0) is 4.79 Å². The smallest absolute Gasteiger partial charge is 0.246 e. The minimum Gasteiger partial charge on any atom is -0.497 e. The number of nitrogens with zero attached hydrogens (tertiary/aromatic N) is 1. The summed E-state index contributed by atoms with van der Waals surface area (Å²) in [5.41, 5.74) is 1.10. The van der Waals surface area contributed by atoms with Crippen molar-refractivity contribution in [2.24, 2.45) is 5.41 Å². The van der Waals surface area contributed by atoms with E-state index < -0.39 is 0 Å². The second kappa shape index (κ2) is 7.07. The van der Waals surface area contributed by atoms with E-state index in [0.717, 1.165) is 24.3 Å². The number of anilines is 1. The summed E-state index contributed by atoms with van der Waals surface area (Å²) in [6.07, 6.45) is 5.89. The van der Waals surface area contributed by atoms with Gasteiger partial charge >= 0.3 is 0 Å². The van der Waals surface area contributed by atoms with E-state index in [4.69, 9.17) is 4.74 Å². The van der Waals surface area contributed by atoms with E-state index in [2.05, 4.69) is 26.1 Å². The molecule has 0 radical (unpaired) electrons. The minimum absolute atomic E-state index is 0.0581. The molecule has 1 aromatic rings. The molecule has 2 atom stereocenters. The number of hydrogen-bond donors (Lipinski definition) is 1. The van der Waals surface area contributed by atoms with Crippen LogP contribution in [0.2, 0.25) is 0 Å². The molecule has 1 heterocycles. The summed E-state index contributed by atoms with van der Waals surface area (Å²) in [7, 11) is 3.54. The van der Waals surface area contributed by atoms with E-state index >= 15 is 0 Å². The quantitative estimate of drug-likeness (QED) is 0.834. The van der Waals surface area contributed by atoms with Gasteiger partial charge < -0.3 is 15.0 Å². The second-order valence-corrected chi connectivity index (χ2v) is 6.89. The third-order valence-corrected chi connectivity index (χ3v) is 4.72. The van der Waals surface area contributed by atoms with Crippen molar-refractivity contribution in [2.75, 3.05) is 19.5 Å². The molecule has 126 valence electrons. The van der Waals surface area contributed by atoms with Crippen LogP contribution in [0, 0.1) is 5.41 Å². The monoisotopic (exact) mass is 316 g/mol. The second-order valence-electron chi connectivity index (χ2n) is 6.89. The average molecular weight is 316 g/mol. The fraction of sp³-hybridized carbons (Fsp3) is 0.526. The topological polar surface area (TPSA) is 41.6 Å². The van der Waals surface area contributed by atoms with Crippen LogP contribution in [0.25, 0.3) is 0 Å². The number of methoxy groups -OCH3 is 1. The van der Waals surface area contributed by atoms with E-state index in [9.17, 15) is 4.79 Å². The summed E-state index contributed by atoms with van der Waals surface area (Å²) in [6, 6.07) is 8.15. The Labute approximate surface area is 139 Å². The molecule has 0 bridgehead atoms. The van der Waals surface area contributed by atoms with Gasteiger partial charge in [-0.3, -0.25) is 4.79 Å². The van der Waals surface area contributed by atoms with Gasteiger partial charge in [-0.2, -0.15) is 0 Å². The van der Waals surface area contributed by atoms with Crippen molar-refractivity contribution in [3.63, 3.8) is 0 Å². The minimum atomic E-state index is 0.0581. The Hall–Kier alpha value is -1.97. The van der Waals surface area contributed by atoms with Gasteiger partial charge in [0.1, 0.15) is 5.75 Å². The molecule has 1 aliphatic rings. The van der Waals surface area contributed by atoms with Crippen LogP contribution in [-0.4, -0.2) is 37.0 Å². The maximum Gasteiger partial charge on any atom is 0.246 e. The van der Waals surface area contributed by atoms with Crippen LogP contribution >= 0.6 is 0 Å². The molecular weight excluding hydrogens is 288 g/mol. The molecule has 0 aliphatic carbocycles. The lowest BCUT2D eigenvalue weighted by atomic mass is 9.76. The Morgan fingerprint density at radius 1 is 1.30 bits per heavy atom. The van der Waals surface area contributed by atoms with Gasteiger partial charge in [0.05, 0.1) is 19.2 Å².